The molecule has 0 fully saturated rings. The van der Waals surface area contributed by atoms with E-state index < -0.39 is 11.9 Å². The van der Waals surface area contributed by atoms with Crippen molar-refractivity contribution in [3.05, 3.63) is 34.5 Å². The Morgan fingerprint density at radius 2 is 2.19 bits per heavy atom. The summed E-state index contributed by atoms with van der Waals surface area (Å²) < 4.78 is 5.50. The van der Waals surface area contributed by atoms with Crippen LogP contribution in [0.3, 0.4) is 0 Å². The molecule has 4 heteroatoms. The van der Waals surface area contributed by atoms with Crippen LogP contribution in [0.4, 0.5) is 0 Å². The lowest BCUT2D eigenvalue weighted by Gasteiger charge is -2.04. The number of carbonyl (C=O) groups is 1. The minimum Gasteiger partial charge on any atom is -0.481 e. The number of fused-ring (bicyclic) bond motifs is 1. The molecule has 1 N–H and O–H groups in total. The number of halogens is 1. The Bertz CT molecular complexity index is 557. The first-order valence-corrected chi connectivity index (χ1v) is 5.30. The molecule has 0 amide bonds. The molecule has 0 saturated heterocycles. The highest BCUT2D eigenvalue weighted by atomic mass is 35.5. The molecule has 1 unspecified atom stereocenters. The van der Waals surface area contributed by atoms with Crippen LogP contribution in [0.25, 0.3) is 11.0 Å². The highest BCUT2D eigenvalue weighted by Crippen LogP contribution is 2.33. The van der Waals surface area contributed by atoms with Crippen LogP contribution < -0.4 is 0 Å². The van der Waals surface area contributed by atoms with Gasteiger partial charge in [0.1, 0.15) is 11.3 Å². The molecule has 1 aromatic carbocycles. The first-order valence-electron chi connectivity index (χ1n) is 4.92. The summed E-state index contributed by atoms with van der Waals surface area (Å²) in [5.74, 6) is -0.836. The van der Waals surface area contributed by atoms with Crippen LogP contribution in [-0.4, -0.2) is 11.1 Å². The van der Waals surface area contributed by atoms with E-state index in [1.54, 1.807) is 32.0 Å². The standard InChI is InChI=1S/C12H11ClO3/c1-6(12(14)15)11-7(2)16-10-4-3-8(13)5-9(10)11/h3-6H,1-2H3,(H,14,15). The largest absolute Gasteiger partial charge is 0.481 e. The molecule has 0 saturated carbocycles. The fourth-order valence-corrected chi connectivity index (χ4v) is 2.04. The molecular weight excluding hydrogens is 228 g/mol. The van der Waals surface area contributed by atoms with Crippen molar-refractivity contribution in [1.29, 1.82) is 0 Å². The second kappa shape index (κ2) is 3.83. The maximum Gasteiger partial charge on any atom is 0.310 e. The average Bonchev–Trinajstić information content (AvgIpc) is 2.52. The van der Waals surface area contributed by atoms with Gasteiger partial charge < -0.3 is 9.52 Å². The number of aliphatic carboxylic acids is 1. The van der Waals surface area contributed by atoms with Crippen molar-refractivity contribution in [2.75, 3.05) is 0 Å². The monoisotopic (exact) mass is 238 g/mol. The van der Waals surface area contributed by atoms with Crippen LogP contribution in [0.15, 0.2) is 22.6 Å². The summed E-state index contributed by atoms with van der Waals surface area (Å²) in [4.78, 5) is 11.0. The maximum atomic E-state index is 11.0. The summed E-state index contributed by atoms with van der Waals surface area (Å²) >= 11 is 5.90. The predicted octanol–water partition coefficient (Wildman–Crippen LogP) is 3.58. The predicted molar refractivity (Wildman–Crippen MR) is 62.0 cm³/mol. The van der Waals surface area contributed by atoms with Crippen molar-refractivity contribution >= 4 is 28.5 Å². The van der Waals surface area contributed by atoms with Gasteiger partial charge in [-0.1, -0.05) is 11.6 Å². The smallest absolute Gasteiger partial charge is 0.310 e. The van der Waals surface area contributed by atoms with Crippen LogP contribution in [0, 0.1) is 6.92 Å². The summed E-state index contributed by atoms with van der Waals surface area (Å²) in [6.07, 6.45) is 0. The number of hydrogen-bond donors (Lipinski definition) is 1. The summed E-state index contributed by atoms with van der Waals surface area (Å²) in [6.45, 7) is 3.41. The molecule has 3 nitrogen and oxygen atoms in total. The Morgan fingerprint density at radius 1 is 1.50 bits per heavy atom. The third kappa shape index (κ3) is 1.67. The van der Waals surface area contributed by atoms with Gasteiger partial charge in [0, 0.05) is 16.0 Å². The number of furan rings is 1. The van der Waals surface area contributed by atoms with Gasteiger partial charge in [-0.25, -0.2) is 0 Å². The van der Waals surface area contributed by atoms with Gasteiger partial charge >= 0.3 is 5.97 Å². The fourth-order valence-electron chi connectivity index (χ4n) is 1.87. The Kier molecular flexibility index (Phi) is 2.64. The third-order valence-corrected chi connectivity index (χ3v) is 2.91. The van der Waals surface area contributed by atoms with Crippen LogP contribution in [0.5, 0.6) is 0 Å². The zero-order valence-corrected chi connectivity index (χ0v) is 9.71. The number of aryl methyl sites for hydroxylation is 1. The van der Waals surface area contributed by atoms with E-state index in [0.717, 1.165) is 5.39 Å². The second-order valence-corrected chi connectivity index (χ2v) is 4.21. The van der Waals surface area contributed by atoms with E-state index >= 15 is 0 Å². The molecule has 1 aromatic heterocycles. The Balaban J connectivity index is 2.72. The van der Waals surface area contributed by atoms with Gasteiger partial charge in [0.05, 0.1) is 5.92 Å². The molecule has 16 heavy (non-hydrogen) atoms. The summed E-state index contributed by atoms with van der Waals surface area (Å²) in [5.41, 5.74) is 1.37. The zero-order chi connectivity index (χ0) is 11.9. The Labute approximate surface area is 97.6 Å². The van der Waals surface area contributed by atoms with Gasteiger partial charge in [-0.15, -0.1) is 0 Å². The fraction of sp³-hybridized carbons (Fsp3) is 0.250. The maximum absolute atomic E-state index is 11.0. The first kappa shape index (κ1) is 11.0. The van der Waals surface area contributed by atoms with Crippen molar-refractivity contribution in [3.63, 3.8) is 0 Å². The van der Waals surface area contributed by atoms with E-state index in [2.05, 4.69) is 0 Å². The van der Waals surface area contributed by atoms with Gasteiger partial charge in [-0.2, -0.15) is 0 Å². The highest BCUT2D eigenvalue weighted by molar-refractivity contribution is 6.31. The molecular formula is C12H11ClO3. The van der Waals surface area contributed by atoms with Crippen molar-refractivity contribution in [3.8, 4) is 0 Å². The first-order chi connectivity index (χ1) is 7.50. The molecule has 0 bridgehead atoms. The Hall–Kier alpha value is -1.48. The highest BCUT2D eigenvalue weighted by Gasteiger charge is 2.22. The number of carboxylic acid groups (broad SMARTS) is 1. The zero-order valence-electron chi connectivity index (χ0n) is 8.95. The topological polar surface area (TPSA) is 50.4 Å². The van der Waals surface area contributed by atoms with E-state index in [-0.39, 0.29) is 0 Å². The van der Waals surface area contributed by atoms with Crippen LogP contribution in [-0.2, 0) is 4.79 Å². The minimum absolute atomic E-state index is 0.576. The lowest BCUT2D eigenvalue weighted by atomic mass is 9.98. The van der Waals surface area contributed by atoms with Gasteiger partial charge in [0.2, 0.25) is 0 Å². The lowest BCUT2D eigenvalue weighted by Crippen LogP contribution is -2.07. The van der Waals surface area contributed by atoms with Crippen molar-refractivity contribution in [1.82, 2.24) is 0 Å². The van der Waals surface area contributed by atoms with E-state index in [1.807, 2.05) is 0 Å². The van der Waals surface area contributed by atoms with Crippen molar-refractivity contribution < 1.29 is 14.3 Å². The molecule has 1 atom stereocenters. The quantitative estimate of drug-likeness (QED) is 0.870. The molecule has 1 heterocycles. The number of rotatable bonds is 2. The van der Waals surface area contributed by atoms with E-state index in [4.69, 9.17) is 21.1 Å². The molecule has 0 aliphatic rings. The molecule has 0 spiro atoms. The molecule has 2 rings (SSSR count). The minimum atomic E-state index is -0.870. The summed E-state index contributed by atoms with van der Waals surface area (Å²) in [7, 11) is 0. The van der Waals surface area contributed by atoms with Gasteiger partial charge in [0.15, 0.2) is 0 Å². The molecule has 0 aliphatic carbocycles. The van der Waals surface area contributed by atoms with Gasteiger partial charge in [0.25, 0.3) is 0 Å². The SMILES string of the molecule is Cc1oc2ccc(Cl)cc2c1C(C)C(=O)O. The van der Waals surface area contributed by atoms with Crippen molar-refractivity contribution in [2.24, 2.45) is 0 Å². The van der Waals surface area contributed by atoms with Gasteiger partial charge in [-0.3, -0.25) is 4.79 Å². The molecule has 0 aliphatic heterocycles. The third-order valence-electron chi connectivity index (χ3n) is 2.68. The molecule has 0 radical (unpaired) electrons. The van der Waals surface area contributed by atoms with E-state index in [1.165, 1.54) is 0 Å². The summed E-state index contributed by atoms with van der Waals surface area (Å²) in [5, 5.41) is 10.4. The van der Waals surface area contributed by atoms with Crippen LogP contribution in [0.1, 0.15) is 24.2 Å². The average molecular weight is 239 g/mol. The lowest BCUT2D eigenvalue weighted by molar-refractivity contribution is -0.138. The van der Waals surface area contributed by atoms with Crippen molar-refractivity contribution in [2.45, 2.75) is 19.8 Å². The molecule has 2 aromatic rings. The van der Waals surface area contributed by atoms with E-state index in [9.17, 15) is 4.79 Å². The number of benzene rings is 1. The summed E-state index contributed by atoms with van der Waals surface area (Å²) in [6, 6.07) is 5.22. The van der Waals surface area contributed by atoms with Gasteiger partial charge in [-0.05, 0) is 32.0 Å². The van der Waals surface area contributed by atoms with E-state index in [0.29, 0.717) is 21.9 Å². The number of hydrogen-bond acceptors (Lipinski definition) is 2. The Morgan fingerprint density at radius 3 is 2.81 bits per heavy atom. The van der Waals surface area contributed by atoms with Crippen LogP contribution >= 0.6 is 11.6 Å². The van der Waals surface area contributed by atoms with Crippen LogP contribution in [0.2, 0.25) is 5.02 Å². The normalized spacial score (nSPS) is 12.9. The molecule has 84 valence electrons. The second-order valence-electron chi connectivity index (χ2n) is 3.77. The number of carboxylic acids is 1.